The van der Waals surface area contributed by atoms with Crippen molar-refractivity contribution < 1.29 is 14.5 Å². The third-order valence-electron chi connectivity index (χ3n) is 4.57. The Kier molecular flexibility index (Phi) is 6.71. The Hall–Kier alpha value is -3.07. The van der Waals surface area contributed by atoms with E-state index in [4.69, 9.17) is 0 Å². The molecule has 150 valence electrons. The maximum Gasteiger partial charge on any atom is 0.271 e. The summed E-state index contributed by atoms with van der Waals surface area (Å²) in [5.74, 6) is -0.809. The molecule has 0 atom stereocenters. The monoisotopic (exact) mass is 458 g/mol. The van der Waals surface area contributed by atoms with Crippen LogP contribution in [-0.2, 0) is 4.79 Å². The minimum Gasteiger partial charge on any atom is -0.337 e. The molecule has 1 fully saturated rings. The molecule has 3 rings (SSSR count). The normalized spacial score (nSPS) is 14.7. The third-order valence-corrected chi connectivity index (χ3v) is 5.42. The zero-order valence-electron chi connectivity index (χ0n) is 15.5. The molecule has 1 N–H and O–H groups in total. The topological polar surface area (TPSA) is 105 Å². The summed E-state index contributed by atoms with van der Waals surface area (Å²) in [6, 6.07) is 8.72. The molecule has 2 aromatic rings. The van der Waals surface area contributed by atoms with Crippen LogP contribution in [0.2, 0.25) is 0 Å². The molecule has 1 aromatic heterocycles. The zero-order valence-corrected chi connectivity index (χ0v) is 17.1. The highest BCUT2D eigenvalue weighted by atomic mass is 79.9. The maximum absolute atomic E-state index is 13.1. The molecule has 1 aliphatic rings. The van der Waals surface area contributed by atoms with Gasteiger partial charge < -0.3 is 10.2 Å². The van der Waals surface area contributed by atoms with Gasteiger partial charge in [0.25, 0.3) is 17.5 Å². The van der Waals surface area contributed by atoms with E-state index in [1.54, 1.807) is 29.4 Å². The van der Waals surface area contributed by atoms with Gasteiger partial charge in [0.15, 0.2) is 0 Å². The first kappa shape index (κ1) is 20.7. The summed E-state index contributed by atoms with van der Waals surface area (Å²) in [6.45, 7) is 1.26. The number of nitro groups is 1. The summed E-state index contributed by atoms with van der Waals surface area (Å²) < 4.78 is 0.427. The molecule has 2 amide bonds. The van der Waals surface area contributed by atoms with Gasteiger partial charge in [0.1, 0.15) is 5.70 Å². The lowest BCUT2D eigenvalue weighted by Gasteiger charge is -2.28. The molecule has 1 saturated heterocycles. The minimum absolute atomic E-state index is 0.113. The quantitative estimate of drug-likeness (QED) is 0.419. The van der Waals surface area contributed by atoms with Crippen LogP contribution in [0.4, 0.5) is 5.69 Å². The summed E-state index contributed by atoms with van der Waals surface area (Å²) >= 11 is 3.44. The fraction of sp³-hybridized carbons (Fsp3) is 0.250. The number of nitrogens with zero attached hydrogens (tertiary/aromatic N) is 3. The number of aromatic nitrogens is 1. The number of nitro benzene ring substituents is 1. The van der Waals surface area contributed by atoms with Crippen molar-refractivity contribution >= 4 is 37.9 Å². The van der Waals surface area contributed by atoms with E-state index in [0.29, 0.717) is 23.1 Å². The van der Waals surface area contributed by atoms with Crippen LogP contribution in [0.25, 0.3) is 4.48 Å². The van der Waals surface area contributed by atoms with E-state index in [-0.39, 0.29) is 22.9 Å². The fourth-order valence-electron chi connectivity index (χ4n) is 3.01. The SMILES string of the molecule is O=C(N/C(C(=O)N1CCCCC1)=C(/Br)c1cccnc1)c1ccc([N+](=O)[O-])cc1. The Morgan fingerprint density at radius 1 is 1.07 bits per heavy atom. The van der Waals surface area contributed by atoms with Crippen molar-refractivity contribution in [2.24, 2.45) is 0 Å². The number of pyridine rings is 1. The maximum atomic E-state index is 13.1. The molecule has 0 saturated carbocycles. The van der Waals surface area contributed by atoms with Crippen LogP contribution in [0, 0.1) is 10.1 Å². The Bertz CT molecular complexity index is 939. The van der Waals surface area contributed by atoms with Crippen LogP contribution in [0.5, 0.6) is 0 Å². The highest BCUT2D eigenvalue weighted by Gasteiger charge is 2.25. The summed E-state index contributed by atoms with van der Waals surface area (Å²) in [4.78, 5) is 41.9. The summed E-state index contributed by atoms with van der Waals surface area (Å²) in [6.07, 6.45) is 6.11. The number of carbonyl (C=O) groups is 2. The molecule has 2 heterocycles. The number of non-ortho nitro benzene ring substituents is 1. The molecular formula is C20H19BrN4O4. The van der Waals surface area contributed by atoms with E-state index >= 15 is 0 Å². The first-order valence-corrected chi connectivity index (χ1v) is 9.92. The predicted octanol–water partition coefficient (Wildman–Crippen LogP) is 3.50. The molecular weight excluding hydrogens is 440 g/mol. The van der Waals surface area contributed by atoms with Crippen LogP contribution in [0.15, 0.2) is 54.5 Å². The molecule has 0 radical (unpaired) electrons. The second-order valence-corrected chi connectivity index (χ2v) is 7.33. The second kappa shape index (κ2) is 9.42. The van der Waals surface area contributed by atoms with Gasteiger partial charge in [0.2, 0.25) is 0 Å². The molecule has 8 nitrogen and oxygen atoms in total. The van der Waals surface area contributed by atoms with Gasteiger partial charge in [-0.05, 0) is 53.4 Å². The molecule has 0 bridgehead atoms. The molecule has 0 aliphatic carbocycles. The van der Waals surface area contributed by atoms with E-state index in [9.17, 15) is 19.7 Å². The van der Waals surface area contributed by atoms with Gasteiger partial charge >= 0.3 is 0 Å². The number of hydrogen-bond acceptors (Lipinski definition) is 5. The van der Waals surface area contributed by atoms with Crippen molar-refractivity contribution in [2.45, 2.75) is 19.3 Å². The molecule has 29 heavy (non-hydrogen) atoms. The number of carbonyl (C=O) groups excluding carboxylic acids is 2. The Morgan fingerprint density at radius 3 is 2.34 bits per heavy atom. The highest BCUT2D eigenvalue weighted by molar-refractivity contribution is 9.15. The number of rotatable bonds is 5. The lowest BCUT2D eigenvalue weighted by molar-refractivity contribution is -0.384. The standard InChI is InChI=1S/C20H19BrN4O4/c21-17(15-5-4-10-22-13-15)18(20(27)24-11-2-1-3-12-24)23-19(26)14-6-8-16(9-7-14)25(28)29/h4-10,13H,1-3,11-12H2,(H,23,26)/b18-17+. The van der Waals surface area contributed by atoms with E-state index < -0.39 is 10.8 Å². The van der Waals surface area contributed by atoms with Gasteiger partial charge in [-0.25, -0.2) is 0 Å². The summed E-state index contributed by atoms with van der Waals surface area (Å²) in [5, 5.41) is 13.5. The van der Waals surface area contributed by atoms with E-state index in [1.165, 1.54) is 24.3 Å². The lowest BCUT2D eigenvalue weighted by Crippen LogP contribution is -2.41. The molecule has 9 heteroatoms. The number of amides is 2. The first-order chi connectivity index (χ1) is 14.0. The van der Waals surface area contributed by atoms with Gasteiger partial charge in [-0.2, -0.15) is 0 Å². The average Bonchev–Trinajstić information content (AvgIpc) is 2.77. The second-order valence-electron chi connectivity index (χ2n) is 6.54. The van der Waals surface area contributed by atoms with Crippen LogP contribution in [0.3, 0.4) is 0 Å². The van der Waals surface area contributed by atoms with Crippen molar-refractivity contribution in [1.82, 2.24) is 15.2 Å². The van der Waals surface area contributed by atoms with E-state index in [1.807, 2.05) is 0 Å². The predicted molar refractivity (Wildman–Crippen MR) is 111 cm³/mol. The lowest BCUT2D eigenvalue weighted by atomic mass is 10.1. The summed E-state index contributed by atoms with van der Waals surface area (Å²) in [5.41, 5.74) is 0.865. The number of likely N-dealkylation sites (tertiary alicyclic amines) is 1. The number of benzene rings is 1. The number of piperidine rings is 1. The highest BCUT2D eigenvalue weighted by Crippen LogP contribution is 2.26. The smallest absolute Gasteiger partial charge is 0.271 e. The average molecular weight is 459 g/mol. The Balaban J connectivity index is 1.91. The van der Waals surface area contributed by atoms with Gasteiger partial charge in [-0.3, -0.25) is 24.7 Å². The van der Waals surface area contributed by atoms with Crippen LogP contribution in [0.1, 0.15) is 35.2 Å². The number of hydrogen-bond donors (Lipinski definition) is 1. The molecule has 1 aromatic carbocycles. The fourth-order valence-corrected chi connectivity index (χ4v) is 3.52. The van der Waals surface area contributed by atoms with Gasteiger partial charge in [0.05, 0.1) is 9.41 Å². The minimum atomic E-state index is -0.536. The zero-order chi connectivity index (χ0) is 20.8. The van der Waals surface area contributed by atoms with Crippen LogP contribution >= 0.6 is 15.9 Å². The number of nitrogens with one attached hydrogen (secondary N) is 1. The Labute approximate surface area is 175 Å². The molecule has 1 aliphatic heterocycles. The van der Waals surface area contributed by atoms with Crippen molar-refractivity contribution in [3.8, 4) is 0 Å². The third kappa shape index (κ3) is 5.05. The number of halogens is 1. The largest absolute Gasteiger partial charge is 0.337 e. The van der Waals surface area contributed by atoms with Crippen molar-refractivity contribution in [3.05, 3.63) is 75.7 Å². The Morgan fingerprint density at radius 2 is 1.76 bits per heavy atom. The van der Waals surface area contributed by atoms with Gasteiger partial charge in [-0.1, -0.05) is 6.07 Å². The molecule has 0 spiro atoms. The van der Waals surface area contributed by atoms with Crippen LogP contribution < -0.4 is 5.32 Å². The van der Waals surface area contributed by atoms with E-state index in [2.05, 4.69) is 26.2 Å². The summed E-state index contributed by atoms with van der Waals surface area (Å²) in [7, 11) is 0. The van der Waals surface area contributed by atoms with Gasteiger partial charge in [0, 0.05) is 48.7 Å². The van der Waals surface area contributed by atoms with Crippen molar-refractivity contribution in [3.63, 3.8) is 0 Å². The van der Waals surface area contributed by atoms with Crippen molar-refractivity contribution in [1.29, 1.82) is 0 Å². The molecule has 0 unspecified atom stereocenters. The van der Waals surface area contributed by atoms with E-state index in [0.717, 1.165) is 19.3 Å². The van der Waals surface area contributed by atoms with Crippen LogP contribution in [-0.4, -0.2) is 39.7 Å². The van der Waals surface area contributed by atoms with Gasteiger partial charge in [-0.15, -0.1) is 0 Å². The first-order valence-electron chi connectivity index (χ1n) is 9.12. The van der Waals surface area contributed by atoms with Crippen molar-refractivity contribution in [2.75, 3.05) is 13.1 Å².